The first-order valence-electron chi connectivity index (χ1n) is 9.01. The van der Waals surface area contributed by atoms with Crippen molar-refractivity contribution in [2.24, 2.45) is 0 Å². The summed E-state index contributed by atoms with van der Waals surface area (Å²) in [6.07, 6.45) is 1.63. The first-order valence-corrected chi connectivity index (χ1v) is 9.01. The predicted octanol–water partition coefficient (Wildman–Crippen LogP) is 4.66. The number of benzene rings is 2. The standard InChI is InChI=1S/C22H19NO5/c1-3-26-14-8-9-20-16(10-14)13(2)21(28-20)22(25)27-12-19(24)17-11-23-18-7-5-4-6-15(17)18/h4-11,23H,3,12H2,1-2H3. The van der Waals surface area contributed by atoms with Gasteiger partial charge in [0.15, 0.2) is 6.61 Å². The fourth-order valence-electron chi connectivity index (χ4n) is 3.23. The van der Waals surface area contributed by atoms with Crippen LogP contribution < -0.4 is 4.74 Å². The summed E-state index contributed by atoms with van der Waals surface area (Å²) in [6.45, 7) is 3.87. The van der Waals surface area contributed by atoms with Crippen molar-refractivity contribution < 1.29 is 23.5 Å². The highest BCUT2D eigenvalue weighted by molar-refractivity contribution is 6.09. The summed E-state index contributed by atoms with van der Waals surface area (Å²) >= 11 is 0. The van der Waals surface area contributed by atoms with Gasteiger partial charge < -0.3 is 18.9 Å². The number of carbonyl (C=O) groups is 2. The second kappa shape index (κ2) is 7.23. The van der Waals surface area contributed by atoms with Crippen molar-refractivity contribution in [1.82, 2.24) is 4.98 Å². The molecule has 4 rings (SSSR count). The van der Waals surface area contributed by atoms with Gasteiger partial charge in [-0.25, -0.2) is 4.79 Å². The van der Waals surface area contributed by atoms with Gasteiger partial charge in [-0.05, 0) is 38.1 Å². The number of para-hydroxylation sites is 1. The van der Waals surface area contributed by atoms with Gasteiger partial charge in [0.2, 0.25) is 11.5 Å². The third kappa shape index (κ3) is 3.13. The monoisotopic (exact) mass is 377 g/mol. The van der Waals surface area contributed by atoms with Crippen molar-refractivity contribution in [1.29, 1.82) is 0 Å². The van der Waals surface area contributed by atoms with E-state index in [-0.39, 0.29) is 18.2 Å². The van der Waals surface area contributed by atoms with Crippen molar-refractivity contribution in [2.75, 3.05) is 13.2 Å². The van der Waals surface area contributed by atoms with Crippen LogP contribution in [0, 0.1) is 6.92 Å². The van der Waals surface area contributed by atoms with E-state index in [1.54, 1.807) is 25.3 Å². The second-order valence-electron chi connectivity index (χ2n) is 6.39. The van der Waals surface area contributed by atoms with Gasteiger partial charge >= 0.3 is 5.97 Å². The molecule has 28 heavy (non-hydrogen) atoms. The third-order valence-corrected chi connectivity index (χ3v) is 4.63. The fourth-order valence-corrected chi connectivity index (χ4v) is 3.23. The Labute approximate surface area is 161 Å². The first kappa shape index (κ1) is 17.9. The van der Waals surface area contributed by atoms with E-state index in [9.17, 15) is 9.59 Å². The van der Waals surface area contributed by atoms with E-state index in [1.807, 2.05) is 37.3 Å². The highest BCUT2D eigenvalue weighted by Crippen LogP contribution is 2.29. The summed E-state index contributed by atoms with van der Waals surface area (Å²) in [6, 6.07) is 12.8. The molecule has 0 fully saturated rings. The van der Waals surface area contributed by atoms with Crippen molar-refractivity contribution in [3.63, 3.8) is 0 Å². The zero-order chi connectivity index (χ0) is 19.7. The van der Waals surface area contributed by atoms with Crippen molar-refractivity contribution >= 4 is 33.6 Å². The Morgan fingerprint density at radius 1 is 1.11 bits per heavy atom. The molecule has 4 aromatic rings. The van der Waals surface area contributed by atoms with Gasteiger partial charge in [0.05, 0.1) is 6.61 Å². The first-order chi connectivity index (χ1) is 13.6. The summed E-state index contributed by atoms with van der Waals surface area (Å²) in [7, 11) is 0. The lowest BCUT2D eigenvalue weighted by Crippen LogP contribution is -2.14. The summed E-state index contributed by atoms with van der Waals surface area (Å²) in [4.78, 5) is 28.0. The van der Waals surface area contributed by atoms with Crippen LogP contribution in [0.1, 0.15) is 33.4 Å². The number of carbonyl (C=O) groups excluding carboxylic acids is 2. The van der Waals surface area contributed by atoms with Crippen LogP contribution in [0.2, 0.25) is 0 Å². The van der Waals surface area contributed by atoms with Crippen LogP contribution in [0.15, 0.2) is 53.1 Å². The Morgan fingerprint density at radius 2 is 1.93 bits per heavy atom. The van der Waals surface area contributed by atoms with Crippen molar-refractivity contribution in [2.45, 2.75) is 13.8 Å². The lowest BCUT2D eigenvalue weighted by atomic mass is 10.1. The number of ketones is 1. The molecule has 1 N–H and O–H groups in total. The van der Waals surface area contributed by atoms with Crippen LogP contribution >= 0.6 is 0 Å². The predicted molar refractivity (Wildman–Crippen MR) is 105 cm³/mol. The average molecular weight is 377 g/mol. The van der Waals surface area contributed by atoms with Gasteiger partial charge in [-0.1, -0.05) is 18.2 Å². The molecule has 6 nitrogen and oxygen atoms in total. The maximum atomic E-state index is 12.5. The smallest absolute Gasteiger partial charge is 0.375 e. The number of hydrogen-bond donors (Lipinski definition) is 1. The number of Topliss-reactive ketones (excluding diaryl/α,β-unsaturated/α-hetero) is 1. The summed E-state index contributed by atoms with van der Waals surface area (Å²) in [5.74, 6) is -0.151. The number of fused-ring (bicyclic) bond motifs is 2. The van der Waals surface area contributed by atoms with Crippen LogP contribution in [-0.4, -0.2) is 30.0 Å². The average Bonchev–Trinajstić information content (AvgIpc) is 3.28. The summed E-state index contributed by atoms with van der Waals surface area (Å²) < 4.78 is 16.4. The van der Waals surface area contributed by atoms with Crippen LogP contribution in [0.3, 0.4) is 0 Å². The van der Waals surface area contributed by atoms with Crippen LogP contribution in [0.25, 0.3) is 21.9 Å². The number of aryl methyl sites for hydroxylation is 1. The molecule has 0 saturated heterocycles. The largest absolute Gasteiger partial charge is 0.494 e. The van der Waals surface area contributed by atoms with E-state index in [4.69, 9.17) is 13.9 Å². The van der Waals surface area contributed by atoms with E-state index >= 15 is 0 Å². The Kier molecular flexibility index (Phi) is 4.61. The van der Waals surface area contributed by atoms with E-state index in [2.05, 4.69) is 4.98 Å². The molecule has 142 valence electrons. The number of hydrogen-bond acceptors (Lipinski definition) is 5. The van der Waals surface area contributed by atoms with Gasteiger partial charge in [0.1, 0.15) is 11.3 Å². The molecule has 0 unspecified atom stereocenters. The topological polar surface area (TPSA) is 81.5 Å². The Morgan fingerprint density at radius 3 is 2.75 bits per heavy atom. The van der Waals surface area contributed by atoms with Crippen molar-refractivity contribution in [3.05, 3.63) is 65.5 Å². The zero-order valence-corrected chi connectivity index (χ0v) is 15.6. The van der Waals surface area contributed by atoms with Crippen LogP contribution in [0.4, 0.5) is 0 Å². The van der Waals surface area contributed by atoms with E-state index in [0.29, 0.717) is 29.1 Å². The number of H-pyrrole nitrogens is 1. The molecule has 0 radical (unpaired) electrons. The molecule has 0 aliphatic carbocycles. The molecule has 2 aromatic heterocycles. The van der Waals surface area contributed by atoms with Gasteiger partial charge in [0, 0.05) is 33.6 Å². The highest BCUT2D eigenvalue weighted by Gasteiger charge is 2.21. The molecule has 0 aliphatic heterocycles. The number of nitrogens with one attached hydrogen (secondary N) is 1. The summed E-state index contributed by atoms with van der Waals surface area (Å²) in [5.41, 5.74) is 2.57. The molecule has 6 heteroatoms. The van der Waals surface area contributed by atoms with E-state index in [0.717, 1.165) is 16.3 Å². The van der Waals surface area contributed by atoms with Gasteiger partial charge in [-0.3, -0.25) is 4.79 Å². The summed E-state index contributed by atoms with van der Waals surface area (Å²) in [5, 5.41) is 1.58. The molecule has 0 saturated carbocycles. The minimum atomic E-state index is -0.667. The molecule has 0 spiro atoms. The van der Waals surface area contributed by atoms with Gasteiger partial charge in [-0.2, -0.15) is 0 Å². The number of esters is 1. The van der Waals surface area contributed by atoms with Gasteiger partial charge in [-0.15, -0.1) is 0 Å². The molecular formula is C22H19NO5. The van der Waals surface area contributed by atoms with Crippen LogP contribution in [0.5, 0.6) is 5.75 Å². The number of rotatable bonds is 6. The maximum absolute atomic E-state index is 12.5. The Hall–Kier alpha value is -3.54. The maximum Gasteiger partial charge on any atom is 0.375 e. The fraction of sp³-hybridized carbons (Fsp3) is 0.182. The normalized spacial score (nSPS) is 11.1. The number of furan rings is 1. The lowest BCUT2D eigenvalue weighted by Gasteiger charge is -2.03. The van der Waals surface area contributed by atoms with E-state index < -0.39 is 5.97 Å². The molecule has 0 amide bonds. The SMILES string of the molecule is CCOc1ccc2oc(C(=O)OCC(=O)c3c[nH]c4ccccc34)c(C)c2c1. The van der Waals surface area contributed by atoms with Crippen molar-refractivity contribution in [3.8, 4) is 5.75 Å². The van der Waals surface area contributed by atoms with Gasteiger partial charge in [0.25, 0.3) is 0 Å². The quantitative estimate of drug-likeness (QED) is 0.390. The Bertz CT molecular complexity index is 1180. The molecule has 0 bridgehead atoms. The van der Waals surface area contributed by atoms with Crippen LogP contribution in [-0.2, 0) is 4.74 Å². The second-order valence-corrected chi connectivity index (χ2v) is 6.39. The molecule has 2 aromatic carbocycles. The minimum Gasteiger partial charge on any atom is -0.494 e. The minimum absolute atomic E-state index is 0.0929. The Balaban J connectivity index is 1.52. The lowest BCUT2D eigenvalue weighted by molar-refractivity contribution is 0.0445. The molecule has 0 atom stereocenters. The third-order valence-electron chi connectivity index (χ3n) is 4.63. The number of ether oxygens (including phenoxy) is 2. The molecule has 0 aliphatic rings. The highest BCUT2D eigenvalue weighted by atomic mass is 16.5. The number of aromatic amines is 1. The van der Waals surface area contributed by atoms with E-state index in [1.165, 1.54) is 0 Å². The number of aromatic nitrogens is 1. The molecular weight excluding hydrogens is 358 g/mol. The molecule has 2 heterocycles. The zero-order valence-electron chi connectivity index (χ0n) is 15.6.